The van der Waals surface area contributed by atoms with Crippen molar-refractivity contribution in [2.24, 2.45) is 0 Å². The second-order valence-electron chi connectivity index (χ2n) is 5.05. The monoisotopic (exact) mass is 298 g/mol. The smallest absolute Gasteiger partial charge is 0.238 e. The predicted molar refractivity (Wildman–Crippen MR) is 80.1 cm³/mol. The molecule has 1 aromatic carbocycles. The number of nitrogens with one attached hydrogen (secondary N) is 1. The van der Waals surface area contributed by atoms with Crippen LogP contribution in [0.4, 0.5) is 5.69 Å². The molecule has 0 spiro atoms. The fourth-order valence-electron chi connectivity index (χ4n) is 1.68. The maximum absolute atomic E-state index is 12.5. The van der Waals surface area contributed by atoms with Crippen molar-refractivity contribution in [1.82, 2.24) is 5.32 Å². The molecule has 20 heavy (non-hydrogen) atoms. The molecule has 0 saturated carbocycles. The molecule has 2 atom stereocenters. The van der Waals surface area contributed by atoms with E-state index in [-0.39, 0.29) is 16.6 Å². The fourth-order valence-corrected chi connectivity index (χ4v) is 3.16. The van der Waals surface area contributed by atoms with Gasteiger partial charge in [0.25, 0.3) is 0 Å². The third kappa shape index (κ3) is 3.50. The van der Waals surface area contributed by atoms with E-state index in [9.17, 15) is 13.2 Å². The van der Waals surface area contributed by atoms with Crippen LogP contribution in [-0.2, 0) is 14.6 Å². The van der Waals surface area contributed by atoms with Crippen LogP contribution in [0, 0.1) is 6.92 Å². The van der Waals surface area contributed by atoms with Crippen LogP contribution in [0.5, 0.6) is 0 Å². The van der Waals surface area contributed by atoms with Crippen LogP contribution >= 0.6 is 0 Å². The lowest BCUT2D eigenvalue weighted by Gasteiger charge is -2.18. The van der Waals surface area contributed by atoms with Crippen molar-refractivity contribution < 1.29 is 13.2 Å². The number of nitrogens with two attached hydrogens (primary N) is 1. The molecule has 0 fully saturated rings. The summed E-state index contributed by atoms with van der Waals surface area (Å²) < 4.78 is 25.0. The molecule has 112 valence electrons. The van der Waals surface area contributed by atoms with E-state index < -0.39 is 21.0 Å². The molecule has 0 radical (unpaired) electrons. The standard InChI is InChI=1S/C14H22N2O3S/c1-5-10(3)16-14(17)11(4)20(18,19)13-8-9(2)6-7-12(13)15/h6-8,10-11H,5,15H2,1-4H3,(H,16,17). The van der Waals surface area contributed by atoms with E-state index in [4.69, 9.17) is 5.73 Å². The Morgan fingerprint density at radius 2 is 1.95 bits per heavy atom. The van der Waals surface area contributed by atoms with Crippen LogP contribution in [-0.4, -0.2) is 25.6 Å². The lowest BCUT2D eigenvalue weighted by molar-refractivity contribution is -0.121. The molecule has 0 saturated heterocycles. The predicted octanol–water partition coefficient (Wildman–Crippen LogP) is 1.65. The zero-order chi connectivity index (χ0) is 15.5. The van der Waals surface area contributed by atoms with Crippen molar-refractivity contribution in [2.45, 2.75) is 50.3 Å². The summed E-state index contributed by atoms with van der Waals surface area (Å²) in [6, 6.07) is 4.72. The van der Waals surface area contributed by atoms with E-state index in [2.05, 4.69) is 5.32 Å². The summed E-state index contributed by atoms with van der Waals surface area (Å²) in [6.45, 7) is 6.91. The third-order valence-corrected chi connectivity index (χ3v) is 5.42. The number of carbonyl (C=O) groups is 1. The van der Waals surface area contributed by atoms with Gasteiger partial charge in [-0.3, -0.25) is 4.79 Å². The Morgan fingerprint density at radius 1 is 1.35 bits per heavy atom. The highest BCUT2D eigenvalue weighted by atomic mass is 32.2. The number of carbonyl (C=O) groups excluding carboxylic acids is 1. The lowest BCUT2D eigenvalue weighted by Crippen LogP contribution is -2.42. The largest absolute Gasteiger partial charge is 0.398 e. The highest BCUT2D eigenvalue weighted by Crippen LogP contribution is 2.24. The van der Waals surface area contributed by atoms with Gasteiger partial charge in [0.2, 0.25) is 5.91 Å². The first kappa shape index (κ1) is 16.5. The highest BCUT2D eigenvalue weighted by molar-refractivity contribution is 7.93. The van der Waals surface area contributed by atoms with Crippen molar-refractivity contribution in [3.63, 3.8) is 0 Å². The maximum Gasteiger partial charge on any atom is 0.238 e. The third-order valence-electron chi connectivity index (χ3n) is 3.31. The fraction of sp³-hybridized carbons (Fsp3) is 0.500. The molecular formula is C14H22N2O3S. The molecule has 6 heteroatoms. The summed E-state index contributed by atoms with van der Waals surface area (Å²) in [5.74, 6) is -0.500. The van der Waals surface area contributed by atoms with Gasteiger partial charge in [-0.25, -0.2) is 8.42 Å². The number of sulfone groups is 1. The van der Waals surface area contributed by atoms with Crippen LogP contribution in [0.15, 0.2) is 23.1 Å². The van der Waals surface area contributed by atoms with Gasteiger partial charge < -0.3 is 11.1 Å². The first-order valence-electron chi connectivity index (χ1n) is 6.60. The van der Waals surface area contributed by atoms with Gasteiger partial charge in [-0.1, -0.05) is 13.0 Å². The Hall–Kier alpha value is -1.56. The number of rotatable bonds is 5. The van der Waals surface area contributed by atoms with E-state index in [1.54, 1.807) is 19.1 Å². The van der Waals surface area contributed by atoms with Gasteiger partial charge >= 0.3 is 0 Å². The molecule has 0 aliphatic rings. The number of hydrogen-bond donors (Lipinski definition) is 2. The summed E-state index contributed by atoms with van der Waals surface area (Å²) in [5.41, 5.74) is 6.68. The lowest BCUT2D eigenvalue weighted by atomic mass is 10.2. The van der Waals surface area contributed by atoms with E-state index in [1.165, 1.54) is 13.0 Å². The number of amides is 1. The summed E-state index contributed by atoms with van der Waals surface area (Å²) >= 11 is 0. The minimum atomic E-state index is -3.78. The Kier molecular flexibility index (Phi) is 5.16. The van der Waals surface area contributed by atoms with Crippen LogP contribution < -0.4 is 11.1 Å². The summed E-state index contributed by atoms with van der Waals surface area (Å²) in [7, 11) is -3.78. The van der Waals surface area contributed by atoms with Crippen LogP contribution in [0.2, 0.25) is 0 Å². The average molecular weight is 298 g/mol. The molecule has 1 rings (SSSR count). The number of anilines is 1. The van der Waals surface area contributed by atoms with Crippen molar-refractivity contribution in [3.05, 3.63) is 23.8 Å². The van der Waals surface area contributed by atoms with Gasteiger partial charge in [0.05, 0.1) is 10.6 Å². The number of nitrogen functional groups attached to an aromatic ring is 1. The number of aryl methyl sites for hydroxylation is 1. The van der Waals surface area contributed by atoms with Crippen molar-refractivity contribution in [1.29, 1.82) is 0 Å². The molecule has 3 N–H and O–H groups in total. The topological polar surface area (TPSA) is 89.3 Å². The zero-order valence-electron chi connectivity index (χ0n) is 12.3. The zero-order valence-corrected chi connectivity index (χ0v) is 13.1. The Bertz CT molecular complexity index is 596. The van der Waals surface area contributed by atoms with Gasteiger partial charge in [-0.05, 0) is 44.9 Å². The molecule has 0 aromatic heterocycles. The Morgan fingerprint density at radius 3 is 2.50 bits per heavy atom. The van der Waals surface area contributed by atoms with Gasteiger partial charge in [0, 0.05) is 6.04 Å². The van der Waals surface area contributed by atoms with Crippen LogP contribution in [0.1, 0.15) is 32.8 Å². The highest BCUT2D eigenvalue weighted by Gasteiger charge is 2.31. The van der Waals surface area contributed by atoms with Crippen LogP contribution in [0.25, 0.3) is 0 Å². The van der Waals surface area contributed by atoms with E-state index in [1.807, 2.05) is 13.8 Å². The van der Waals surface area contributed by atoms with Crippen LogP contribution in [0.3, 0.4) is 0 Å². The van der Waals surface area contributed by atoms with Gasteiger partial charge in [-0.2, -0.15) is 0 Å². The van der Waals surface area contributed by atoms with E-state index in [0.29, 0.717) is 0 Å². The van der Waals surface area contributed by atoms with Gasteiger partial charge in [-0.15, -0.1) is 0 Å². The van der Waals surface area contributed by atoms with Gasteiger partial charge in [0.15, 0.2) is 9.84 Å². The second-order valence-corrected chi connectivity index (χ2v) is 7.28. The van der Waals surface area contributed by atoms with E-state index >= 15 is 0 Å². The number of benzene rings is 1. The van der Waals surface area contributed by atoms with Crippen molar-refractivity contribution >= 4 is 21.4 Å². The van der Waals surface area contributed by atoms with Crippen molar-refractivity contribution in [2.75, 3.05) is 5.73 Å². The maximum atomic E-state index is 12.5. The average Bonchev–Trinajstić information content (AvgIpc) is 2.40. The molecule has 0 bridgehead atoms. The Labute approximate surface area is 120 Å². The minimum Gasteiger partial charge on any atom is -0.398 e. The molecule has 0 aliphatic heterocycles. The SMILES string of the molecule is CCC(C)NC(=O)C(C)S(=O)(=O)c1cc(C)ccc1N. The van der Waals surface area contributed by atoms with E-state index in [0.717, 1.165) is 12.0 Å². The Balaban J connectivity index is 3.10. The molecule has 1 amide bonds. The molecular weight excluding hydrogens is 276 g/mol. The molecule has 1 aromatic rings. The van der Waals surface area contributed by atoms with Crippen molar-refractivity contribution in [3.8, 4) is 0 Å². The summed E-state index contributed by atoms with van der Waals surface area (Å²) in [6.07, 6.45) is 0.741. The molecule has 0 heterocycles. The number of hydrogen-bond acceptors (Lipinski definition) is 4. The summed E-state index contributed by atoms with van der Waals surface area (Å²) in [5, 5.41) is 1.51. The molecule has 5 nitrogen and oxygen atoms in total. The first-order valence-corrected chi connectivity index (χ1v) is 8.15. The first-order chi connectivity index (χ1) is 9.20. The second kappa shape index (κ2) is 6.26. The molecule has 2 unspecified atom stereocenters. The minimum absolute atomic E-state index is 0.0179. The quantitative estimate of drug-likeness (QED) is 0.809. The normalized spacial score (nSPS) is 14.6. The summed E-state index contributed by atoms with van der Waals surface area (Å²) in [4.78, 5) is 12.0. The molecule has 0 aliphatic carbocycles. The van der Waals surface area contributed by atoms with Gasteiger partial charge in [0.1, 0.15) is 5.25 Å².